The van der Waals surface area contributed by atoms with Crippen LogP contribution < -0.4 is 5.32 Å². The predicted octanol–water partition coefficient (Wildman–Crippen LogP) is 16.5. The largest absolute Gasteiger partial charge is 0.394 e. The minimum Gasteiger partial charge on any atom is -0.394 e. The number of amides is 1. The number of carbonyl (C=O) groups is 1. The molecule has 19 heteroatoms. The third kappa shape index (κ3) is 48.2. The van der Waals surface area contributed by atoms with Crippen LogP contribution in [0.25, 0.3) is 0 Å². The van der Waals surface area contributed by atoms with E-state index in [2.05, 4.69) is 92.1 Å². The van der Waals surface area contributed by atoms with Gasteiger partial charge in [0.2, 0.25) is 5.91 Å². The van der Waals surface area contributed by atoms with Crippen molar-refractivity contribution in [3.05, 3.63) is 85.1 Å². The van der Waals surface area contributed by atoms with E-state index >= 15 is 0 Å². The Labute approximate surface area is 661 Å². The molecule has 0 aromatic rings. The maximum absolute atomic E-state index is 13.5. The highest BCUT2D eigenvalue weighted by Gasteiger charge is 2.54. The van der Waals surface area contributed by atoms with Crippen molar-refractivity contribution in [2.45, 2.75) is 452 Å². The normalized spacial score (nSPS) is 25.7. The smallest absolute Gasteiger partial charge is 0.220 e. The summed E-state index contributed by atoms with van der Waals surface area (Å²) in [5.41, 5.74) is 0. The van der Waals surface area contributed by atoms with Gasteiger partial charge in [-0.05, 0) is 83.5 Å². The topological polar surface area (TPSA) is 307 Å². The molecule has 0 spiro atoms. The first-order valence-corrected chi connectivity index (χ1v) is 44.3. The molecule has 634 valence electrons. The molecule has 3 aliphatic heterocycles. The van der Waals surface area contributed by atoms with Crippen LogP contribution in [0.15, 0.2) is 85.1 Å². The van der Waals surface area contributed by atoms with Gasteiger partial charge in [-0.3, -0.25) is 4.79 Å². The Bertz CT molecular complexity index is 2300. The van der Waals surface area contributed by atoms with Crippen LogP contribution in [-0.4, -0.2) is 193 Å². The van der Waals surface area contributed by atoms with Gasteiger partial charge in [0.1, 0.15) is 73.2 Å². The van der Waals surface area contributed by atoms with Crippen molar-refractivity contribution in [2.75, 3.05) is 26.4 Å². The summed E-state index contributed by atoms with van der Waals surface area (Å²) in [6.07, 6.45) is 67.4. The molecule has 0 saturated carbocycles. The highest BCUT2D eigenvalue weighted by molar-refractivity contribution is 5.76. The Balaban J connectivity index is 1.33. The average molecular weight is 1550 g/mol. The summed E-state index contributed by atoms with van der Waals surface area (Å²) in [6, 6.07) is -1.00. The van der Waals surface area contributed by atoms with Crippen LogP contribution in [0.2, 0.25) is 0 Å². The Morgan fingerprint density at radius 1 is 0.339 bits per heavy atom. The van der Waals surface area contributed by atoms with Gasteiger partial charge >= 0.3 is 0 Å². The Morgan fingerprint density at radius 2 is 0.642 bits per heavy atom. The molecule has 3 aliphatic rings. The van der Waals surface area contributed by atoms with E-state index in [4.69, 9.17) is 28.4 Å². The van der Waals surface area contributed by atoms with Crippen LogP contribution in [0.1, 0.15) is 348 Å². The molecular weight excluding hydrogens is 1380 g/mol. The third-order valence-electron chi connectivity index (χ3n) is 21.7. The highest BCUT2D eigenvalue weighted by atomic mass is 16.8. The summed E-state index contributed by atoms with van der Waals surface area (Å²) in [5, 5.41) is 121. The van der Waals surface area contributed by atoms with Crippen molar-refractivity contribution in [2.24, 2.45) is 0 Å². The summed E-state index contributed by atoms with van der Waals surface area (Å²) < 4.78 is 34.5. The van der Waals surface area contributed by atoms with Gasteiger partial charge in [-0.15, -0.1) is 0 Å². The monoisotopic (exact) mass is 1540 g/mol. The van der Waals surface area contributed by atoms with E-state index in [1.54, 1.807) is 6.08 Å². The Morgan fingerprint density at radius 3 is 1.03 bits per heavy atom. The molecule has 0 aromatic carbocycles. The molecule has 17 unspecified atom stereocenters. The molecule has 17 atom stereocenters. The lowest BCUT2D eigenvalue weighted by Gasteiger charge is -2.48. The van der Waals surface area contributed by atoms with Crippen LogP contribution in [0.3, 0.4) is 0 Å². The first kappa shape index (κ1) is 100. The number of carbonyl (C=O) groups excluding carboxylic acids is 1. The zero-order chi connectivity index (χ0) is 78.8. The van der Waals surface area contributed by atoms with E-state index in [1.807, 2.05) is 6.08 Å². The van der Waals surface area contributed by atoms with Crippen molar-refractivity contribution in [3.8, 4) is 0 Å². The van der Waals surface area contributed by atoms with Gasteiger partial charge in [-0.1, -0.05) is 343 Å². The first-order valence-electron chi connectivity index (χ1n) is 44.3. The van der Waals surface area contributed by atoms with Gasteiger partial charge in [0.25, 0.3) is 0 Å². The van der Waals surface area contributed by atoms with E-state index in [1.165, 1.54) is 244 Å². The zero-order valence-corrected chi connectivity index (χ0v) is 68.3. The summed E-state index contributed by atoms with van der Waals surface area (Å²) in [7, 11) is 0. The van der Waals surface area contributed by atoms with Gasteiger partial charge in [0.15, 0.2) is 18.9 Å². The molecule has 3 fully saturated rings. The maximum atomic E-state index is 13.5. The van der Waals surface area contributed by atoms with Crippen molar-refractivity contribution in [1.29, 1.82) is 0 Å². The first-order chi connectivity index (χ1) is 53.3. The minimum absolute atomic E-state index is 0.233. The molecule has 109 heavy (non-hydrogen) atoms. The quantitative estimate of drug-likeness (QED) is 0.0199. The number of aliphatic hydroxyl groups excluding tert-OH is 11. The SMILES string of the molecule is CC/C=C\C/C=C\C/C=C\C/C=C\CCCCCCCCCCCCCCCCCCCCCCCCCCC(=O)NC(COC1OC(CO)C(OC2OC(CO)C(OC3OC(CO)C(O)C(O)C3O)C(O)C2O)C(O)C1O)C(O)/C=C/CC/C=C/CC/C=C/CCCCCCCCCCCCCCCCCCC. The molecule has 3 rings (SSSR count). The van der Waals surface area contributed by atoms with Crippen LogP contribution in [0.5, 0.6) is 0 Å². The predicted molar refractivity (Wildman–Crippen MR) is 438 cm³/mol. The number of allylic oxidation sites excluding steroid dienone is 13. The molecule has 3 heterocycles. The average Bonchev–Trinajstić information content (AvgIpc) is 0.760. The van der Waals surface area contributed by atoms with Crippen molar-refractivity contribution >= 4 is 5.91 Å². The molecule has 19 nitrogen and oxygen atoms in total. The molecule has 1 amide bonds. The summed E-state index contributed by atoms with van der Waals surface area (Å²) in [4.78, 5) is 13.5. The van der Waals surface area contributed by atoms with Gasteiger partial charge in [0, 0.05) is 6.42 Å². The van der Waals surface area contributed by atoms with E-state index in [-0.39, 0.29) is 18.9 Å². The molecule has 0 radical (unpaired) electrons. The van der Waals surface area contributed by atoms with Crippen molar-refractivity contribution in [1.82, 2.24) is 5.32 Å². The second-order valence-electron chi connectivity index (χ2n) is 31.3. The molecule has 3 saturated heterocycles. The summed E-state index contributed by atoms with van der Waals surface area (Å²) in [5.74, 6) is -0.285. The minimum atomic E-state index is -1.99. The fourth-order valence-electron chi connectivity index (χ4n) is 14.6. The second kappa shape index (κ2) is 69.3. The van der Waals surface area contributed by atoms with Gasteiger partial charge in [-0.25, -0.2) is 0 Å². The molecule has 12 N–H and O–H groups in total. The van der Waals surface area contributed by atoms with E-state index in [0.717, 1.165) is 70.6 Å². The number of rotatable bonds is 71. The fourth-order valence-corrected chi connectivity index (χ4v) is 14.6. The molecule has 0 aliphatic carbocycles. The van der Waals surface area contributed by atoms with Crippen LogP contribution in [0, 0.1) is 0 Å². The van der Waals surface area contributed by atoms with Crippen LogP contribution in [0.4, 0.5) is 0 Å². The lowest BCUT2D eigenvalue weighted by atomic mass is 9.96. The second-order valence-corrected chi connectivity index (χ2v) is 31.3. The number of nitrogens with one attached hydrogen (secondary N) is 1. The Kier molecular flexibility index (Phi) is 63.7. The molecular formula is C90H161NO18. The van der Waals surface area contributed by atoms with Gasteiger partial charge < -0.3 is 89.9 Å². The lowest BCUT2D eigenvalue weighted by Crippen LogP contribution is -2.66. The number of unbranched alkanes of at least 4 members (excludes halogenated alkanes) is 43. The lowest BCUT2D eigenvalue weighted by molar-refractivity contribution is -0.379. The Hall–Kier alpha value is -3.03. The van der Waals surface area contributed by atoms with Crippen molar-refractivity contribution in [3.63, 3.8) is 0 Å². The van der Waals surface area contributed by atoms with Crippen LogP contribution >= 0.6 is 0 Å². The fraction of sp³-hybridized carbons (Fsp3) is 0.833. The standard InChI is InChI=1S/C90H161NO18/c1-3-5-7-9-11-13-15-17-19-21-23-25-27-29-31-32-33-34-35-36-37-38-39-40-42-44-46-48-50-52-54-56-58-60-62-64-66-68-78(96)91-73(74(95)67-65-63-61-59-57-55-53-51-49-47-45-43-41-30-28-26-24-22-20-18-16-14-12-10-8-6-4-2)72-104-88-84(102)81(99)86(76(70-93)106-88)109-90-85(103)82(100)87(77(71-94)107-90)108-89-83(101)80(98)79(97)75(69-92)105-89/h5,7,11,13,17,19,23,25,49,51,57,59,65,67,73-77,79-90,92-95,97-103H,3-4,6,8-10,12,14-16,18,20-22,24,26-48,50,52-56,58,60-64,66,68-72H2,1-2H3,(H,91,96)/b7-5-,13-11-,19-17-,25-23-,51-49+,59-57+,67-65+. The van der Waals surface area contributed by atoms with E-state index in [9.17, 15) is 61.0 Å². The summed E-state index contributed by atoms with van der Waals surface area (Å²) >= 11 is 0. The number of hydrogen-bond donors (Lipinski definition) is 12. The molecule has 0 aromatic heterocycles. The number of ether oxygens (including phenoxy) is 6. The number of aliphatic hydroxyl groups is 11. The number of hydrogen-bond acceptors (Lipinski definition) is 18. The third-order valence-corrected chi connectivity index (χ3v) is 21.7. The summed E-state index contributed by atoms with van der Waals surface area (Å²) in [6.45, 7) is 1.64. The van der Waals surface area contributed by atoms with Crippen molar-refractivity contribution < 1.29 is 89.4 Å². The van der Waals surface area contributed by atoms with Gasteiger partial charge in [-0.2, -0.15) is 0 Å². The highest BCUT2D eigenvalue weighted by Crippen LogP contribution is 2.33. The van der Waals surface area contributed by atoms with Gasteiger partial charge in [0.05, 0.1) is 38.6 Å². The van der Waals surface area contributed by atoms with Crippen LogP contribution in [-0.2, 0) is 33.2 Å². The zero-order valence-electron chi connectivity index (χ0n) is 68.3. The van der Waals surface area contributed by atoms with E-state index in [0.29, 0.717) is 12.8 Å². The molecule has 0 bridgehead atoms. The maximum Gasteiger partial charge on any atom is 0.220 e. The van der Waals surface area contributed by atoms with E-state index < -0.39 is 124 Å².